The average Bonchev–Trinajstić information content (AvgIpc) is 2.83. The van der Waals surface area contributed by atoms with E-state index in [1.54, 1.807) is 30.3 Å². The van der Waals surface area contributed by atoms with Gasteiger partial charge in [0.25, 0.3) is 0 Å². The van der Waals surface area contributed by atoms with Crippen molar-refractivity contribution in [3.05, 3.63) is 35.9 Å². The minimum absolute atomic E-state index is 0.0891. The number of nitrogens with two attached hydrogens (primary N) is 3. The second kappa shape index (κ2) is 15.7. The van der Waals surface area contributed by atoms with Crippen molar-refractivity contribution in [3.63, 3.8) is 0 Å². The second-order valence-corrected chi connectivity index (χ2v) is 8.05. The smallest absolute Gasteiger partial charge is 0.326 e. The quantitative estimate of drug-likeness (QED) is 0.0585. The number of nitrogens with zero attached hydrogens (tertiary/aromatic N) is 1. The van der Waals surface area contributed by atoms with Gasteiger partial charge < -0.3 is 48.5 Å². The summed E-state index contributed by atoms with van der Waals surface area (Å²) in [4.78, 5) is 64.1. The molecule has 0 aromatic heterocycles. The van der Waals surface area contributed by atoms with E-state index in [2.05, 4.69) is 20.9 Å². The fourth-order valence-electron chi connectivity index (χ4n) is 3.10. The van der Waals surface area contributed by atoms with Crippen molar-refractivity contribution in [1.82, 2.24) is 16.0 Å². The monoisotopic (exact) mass is 523 g/mol. The van der Waals surface area contributed by atoms with Crippen LogP contribution in [0.15, 0.2) is 35.3 Å². The van der Waals surface area contributed by atoms with Crippen molar-refractivity contribution in [3.8, 4) is 0 Å². The van der Waals surface area contributed by atoms with Crippen LogP contribution in [0.25, 0.3) is 0 Å². The Morgan fingerprint density at radius 3 is 1.97 bits per heavy atom. The Bertz CT molecular complexity index is 969. The van der Waals surface area contributed by atoms with Crippen LogP contribution < -0.4 is 33.2 Å². The third-order valence-electron chi connectivity index (χ3n) is 5.03. The van der Waals surface area contributed by atoms with Crippen LogP contribution in [0, 0.1) is 0 Å². The van der Waals surface area contributed by atoms with Gasteiger partial charge in [0.1, 0.15) is 18.1 Å². The highest BCUT2D eigenvalue weighted by Crippen LogP contribution is 2.06. The molecular weight excluding hydrogens is 490 g/mol. The predicted octanol–water partition coefficient (Wildman–Crippen LogP) is -3.38. The van der Waals surface area contributed by atoms with Gasteiger partial charge in [-0.15, -0.1) is 0 Å². The standard InChI is InChI=1S/C22H33N7O8/c23-13(7-4-8-26-22(24)25)18(33)29-16(11-30)20(35)27-14(9-12-5-2-1-3-6-12)19(34)28-15(21(36)37)10-17(31)32/h1-3,5-6,13-16,30H,4,7-11,23H2,(H,27,35)(H,28,34)(H,29,33)(H,31,32)(H,36,37)(H4,24,25,26). The number of aliphatic hydroxyl groups is 1. The number of benzene rings is 1. The molecule has 0 bridgehead atoms. The van der Waals surface area contributed by atoms with Crippen molar-refractivity contribution >= 4 is 35.6 Å². The Labute approximate surface area is 212 Å². The molecule has 0 aliphatic carbocycles. The lowest BCUT2D eigenvalue weighted by molar-refractivity contribution is -0.147. The molecule has 3 amide bonds. The number of hydrogen-bond acceptors (Lipinski definition) is 8. The number of carbonyl (C=O) groups excluding carboxylic acids is 3. The normalized spacial score (nSPS) is 13.8. The molecule has 15 heteroatoms. The number of nitrogens with one attached hydrogen (secondary N) is 3. The molecule has 1 rings (SSSR count). The molecule has 0 aliphatic heterocycles. The van der Waals surface area contributed by atoms with Gasteiger partial charge >= 0.3 is 11.9 Å². The zero-order valence-corrected chi connectivity index (χ0v) is 20.0. The highest BCUT2D eigenvalue weighted by atomic mass is 16.4. The Balaban J connectivity index is 2.92. The van der Waals surface area contributed by atoms with Crippen molar-refractivity contribution in [2.45, 2.75) is 49.9 Å². The first-order valence-corrected chi connectivity index (χ1v) is 11.3. The number of carboxylic acid groups (broad SMARTS) is 2. The topological polar surface area (TPSA) is 273 Å². The highest BCUT2D eigenvalue weighted by molar-refractivity contribution is 5.94. The molecule has 0 fully saturated rings. The number of rotatable bonds is 16. The van der Waals surface area contributed by atoms with E-state index in [9.17, 15) is 34.2 Å². The van der Waals surface area contributed by atoms with Crippen LogP contribution in [0.5, 0.6) is 0 Å². The van der Waals surface area contributed by atoms with E-state index in [0.717, 1.165) is 0 Å². The fourth-order valence-corrected chi connectivity index (χ4v) is 3.10. The van der Waals surface area contributed by atoms with Gasteiger partial charge in [0.05, 0.1) is 19.1 Å². The van der Waals surface area contributed by atoms with Gasteiger partial charge in [0.2, 0.25) is 17.7 Å². The van der Waals surface area contributed by atoms with E-state index >= 15 is 0 Å². The summed E-state index contributed by atoms with van der Waals surface area (Å²) in [7, 11) is 0. The number of hydrogen-bond donors (Lipinski definition) is 9. The maximum atomic E-state index is 12.8. The summed E-state index contributed by atoms with van der Waals surface area (Å²) in [5, 5.41) is 34.6. The molecule has 0 saturated carbocycles. The van der Waals surface area contributed by atoms with Crippen molar-refractivity contribution in [1.29, 1.82) is 0 Å². The Kier molecular flexibility index (Phi) is 13.1. The summed E-state index contributed by atoms with van der Waals surface area (Å²) >= 11 is 0. The SMILES string of the molecule is NC(N)=NCCCC(N)C(=O)NC(CO)C(=O)NC(Cc1ccccc1)C(=O)NC(CC(=O)O)C(=O)O. The summed E-state index contributed by atoms with van der Waals surface area (Å²) in [6.07, 6.45) is -0.415. The van der Waals surface area contributed by atoms with Crippen LogP contribution in [-0.2, 0) is 30.4 Å². The largest absolute Gasteiger partial charge is 0.481 e. The zero-order chi connectivity index (χ0) is 28.0. The van der Waals surface area contributed by atoms with E-state index in [0.29, 0.717) is 12.0 Å². The van der Waals surface area contributed by atoms with Gasteiger partial charge in [0.15, 0.2) is 5.96 Å². The first-order chi connectivity index (χ1) is 17.4. The average molecular weight is 524 g/mol. The zero-order valence-electron chi connectivity index (χ0n) is 20.0. The van der Waals surface area contributed by atoms with E-state index < -0.39 is 66.9 Å². The van der Waals surface area contributed by atoms with Crippen molar-refractivity contribution in [2.75, 3.05) is 13.2 Å². The molecule has 15 nitrogen and oxygen atoms in total. The first kappa shape index (κ1) is 30.8. The molecule has 0 radical (unpaired) electrons. The van der Waals surface area contributed by atoms with Crippen LogP contribution in [0.4, 0.5) is 0 Å². The van der Waals surface area contributed by atoms with Crippen LogP contribution in [0.3, 0.4) is 0 Å². The van der Waals surface area contributed by atoms with Crippen molar-refractivity contribution in [2.24, 2.45) is 22.2 Å². The molecule has 0 saturated heterocycles. The summed E-state index contributed by atoms with van der Waals surface area (Å²) in [6, 6.07) is 2.79. The van der Waals surface area contributed by atoms with Gasteiger partial charge in [-0.3, -0.25) is 24.2 Å². The molecule has 4 atom stereocenters. The molecule has 0 spiro atoms. The third kappa shape index (κ3) is 11.8. The van der Waals surface area contributed by atoms with Gasteiger partial charge in [0, 0.05) is 13.0 Å². The highest BCUT2D eigenvalue weighted by Gasteiger charge is 2.31. The number of carbonyl (C=O) groups is 5. The third-order valence-corrected chi connectivity index (χ3v) is 5.03. The van der Waals surface area contributed by atoms with Gasteiger partial charge in [-0.25, -0.2) is 4.79 Å². The molecule has 12 N–H and O–H groups in total. The van der Waals surface area contributed by atoms with Gasteiger partial charge in [-0.1, -0.05) is 30.3 Å². The van der Waals surface area contributed by atoms with Crippen LogP contribution in [-0.4, -0.2) is 88.3 Å². The van der Waals surface area contributed by atoms with Gasteiger partial charge in [-0.05, 0) is 18.4 Å². The number of carboxylic acids is 2. The summed E-state index contributed by atoms with van der Waals surface area (Å²) in [6.45, 7) is -0.586. The first-order valence-electron chi connectivity index (χ1n) is 11.3. The van der Waals surface area contributed by atoms with Crippen molar-refractivity contribution < 1.29 is 39.3 Å². The molecule has 1 aromatic carbocycles. The molecule has 0 heterocycles. The minimum atomic E-state index is -1.74. The number of aliphatic hydroxyl groups excluding tert-OH is 1. The maximum Gasteiger partial charge on any atom is 0.326 e. The summed E-state index contributed by atoms with van der Waals surface area (Å²) in [5.41, 5.74) is 16.8. The number of aliphatic carboxylic acids is 2. The van der Waals surface area contributed by atoms with E-state index in [4.69, 9.17) is 22.3 Å². The van der Waals surface area contributed by atoms with E-state index in [1.165, 1.54) is 0 Å². The Morgan fingerprint density at radius 2 is 1.43 bits per heavy atom. The predicted molar refractivity (Wildman–Crippen MR) is 131 cm³/mol. The van der Waals surface area contributed by atoms with Crippen LogP contribution in [0.1, 0.15) is 24.8 Å². The second-order valence-electron chi connectivity index (χ2n) is 8.05. The molecule has 0 aliphatic rings. The maximum absolute atomic E-state index is 12.8. The molecule has 4 unspecified atom stereocenters. The molecule has 204 valence electrons. The van der Waals surface area contributed by atoms with E-state index in [-0.39, 0.29) is 25.3 Å². The Hall–Kier alpha value is -4.24. The Morgan fingerprint density at radius 1 is 0.865 bits per heavy atom. The number of amides is 3. The van der Waals surface area contributed by atoms with Crippen LogP contribution in [0.2, 0.25) is 0 Å². The fraction of sp³-hybridized carbons (Fsp3) is 0.455. The summed E-state index contributed by atoms with van der Waals surface area (Å²) in [5.74, 6) is -5.78. The van der Waals surface area contributed by atoms with E-state index in [1.807, 2.05) is 0 Å². The van der Waals surface area contributed by atoms with Gasteiger partial charge in [-0.2, -0.15) is 0 Å². The lowest BCUT2D eigenvalue weighted by Gasteiger charge is -2.24. The molecular formula is C22H33N7O8. The molecule has 37 heavy (non-hydrogen) atoms. The summed E-state index contributed by atoms with van der Waals surface area (Å²) < 4.78 is 0. The lowest BCUT2D eigenvalue weighted by Crippen LogP contribution is -2.58. The lowest BCUT2D eigenvalue weighted by atomic mass is 10.0. The number of guanidine groups is 1. The minimum Gasteiger partial charge on any atom is -0.481 e. The van der Waals surface area contributed by atoms with Crippen LogP contribution >= 0.6 is 0 Å². The number of aliphatic imine (C=N–C) groups is 1. The molecule has 1 aromatic rings.